The number of aromatic nitrogens is 3. The van der Waals surface area contributed by atoms with Gasteiger partial charge in [-0.3, -0.25) is 9.78 Å². The molecule has 0 spiro atoms. The Morgan fingerprint density at radius 3 is 2.76 bits per heavy atom. The Bertz CT molecular complexity index is 876. The Hall–Kier alpha value is -2.60. The maximum absolute atomic E-state index is 12.4. The van der Waals surface area contributed by atoms with Crippen molar-refractivity contribution in [1.82, 2.24) is 14.5 Å². The molecule has 2 aromatic heterocycles. The predicted octanol–water partition coefficient (Wildman–Crippen LogP) is 3.71. The summed E-state index contributed by atoms with van der Waals surface area (Å²) in [7, 11) is 1.97. The molecule has 1 saturated carbocycles. The van der Waals surface area contributed by atoms with Gasteiger partial charge in [-0.05, 0) is 48.2 Å². The minimum absolute atomic E-state index is 0.0471. The zero-order chi connectivity index (χ0) is 17.2. The van der Waals surface area contributed by atoms with E-state index in [0.717, 1.165) is 27.7 Å². The second-order valence-corrected chi connectivity index (χ2v) is 7.21. The van der Waals surface area contributed by atoms with Gasteiger partial charge in [0.25, 0.3) is 0 Å². The summed E-state index contributed by atoms with van der Waals surface area (Å²) in [6, 6.07) is 11.8. The van der Waals surface area contributed by atoms with E-state index in [1.54, 1.807) is 24.2 Å². The van der Waals surface area contributed by atoms with Crippen LogP contribution in [0.4, 0.5) is 5.69 Å². The minimum atomic E-state index is 0.0471. The fourth-order valence-corrected chi connectivity index (χ4v) is 3.65. The van der Waals surface area contributed by atoms with Crippen LogP contribution in [0.1, 0.15) is 17.9 Å². The van der Waals surface area contributed by atoms with Crippen LogP contribution >= 0.6 is 11.8 Å². The normalized spacial score (nSPS) is 18.8. The monoisotopic (exact) mass is 350 g/mol. The molecule has 1 aliphatic rings. The molecule has 2 atom stereocenters. The highest BCUT2D eigenvalue weighted by Crippen LogP contribution is 2.47. The molecule has 0 unspecified atom stereocenters. The summed E-state index contributed by atoms with van der Waals surface area (Å²) in [5.74, 6) is 0.427. The molecule has 1 fully saturated rings. The van der Waals surface area contributed by atoms with Crippen molar-refractivity contribution in [3.63, 3.8) is 0 Å². The van der Waals surface area contributed by atoms with Crippen molar-refractivity contribution in [1.29, 1.82) is 0 Å². The highest BCUT2D eigenvalue weighted by Gasteiger charge is 2.44. The molecule has 0 bridgehead atoms. The maximum atomic E-state index is 12.4. The van der Waals surface area contributed by atoms with E-state index < -0.39 is 0 Å². The van der Waals surface area contributed by atoms with Crippen LogP contribution in [0.15, 0.2) is 71.2 Å². The Morgan fingerprint density at radius 1 is 1.24 bits per heavy atom. The van der Waals surface area contributed by atoms with Crippen molar-refractivity contribution in [2.45, 2.75) is 22.4 Å². The lowest BCUT2D eigenvalue weighted by molar-refractivity contribution is -0.117. The number of benzene rings is 1. The number of hydrogen-bond donors (Lipinski definition) is 1. The van der Waals surface area contributed by atoms with Crippen molar-refractivity contribution in [2.24, 2.45) is 13.0 Å². The molecule has 0 aliphatic heterocycles. The van der Waals surface area contributed by atoms with Gasteiger partial charge in [-0.15, -0.1) is 0 Å². The van der Waals surface area contributed by atoms with Gasteiger partial charge in [0.15, 0.2) is 5.16 Å². The molecular weight excluding hydrogens is 332 g/mol. The number of anilines is 1. The molecule has 4 rings (SSSR count). The van der Waals surface area contributed by atoms with Gasteiger partial charge in [0.05, 0.1) is 0 Å². The first kappa shape index (κ1) is 15.9. The summed E-state index contributed by atoms with van der Waals surface area (Å²) >= 11 is 1.60. The third-order valence-corrected chi connectivity index (χ3v) is 5.43. The van der Waals surface area contributed by atoms with Crippen LogP contribution in [0.5, 0.6) is 0 Å². The molecule has 1 N–H and O–H groups in total. The van der Waals surface area contributed by atoms with Crippen molar-refractivity contribution >= 4 is 23.4 Å². The molecular formula is C19H18N4OS. The smallest absolute Gasteiger partial charge is 0.228 e. The zero-order valence-electron chi connectivity index (χ0n) is 13.8. The summed E-state index contributed by atoms with van der Waals surface area (Å²) in [5.41, 5.74) is 1.97. The molecule has 6 heteroatoms. The van der Waals surface area contributed by atoms with E-state index in [2.05, 4.69) is 15.3 Å². The van der Waals surface area contributed by atoms with E-state index in [4.69, 9.17) is 0 Å². The summed E-state index contributed by atoms with van der Waals surface area (Å²) in [5, 5.41) is 3.95. The van der Waals surface area contributed by atoms with Crippen LogP contribution in [0, 0.1) is 5.92 Å². The average Bonchev–Trinajstić information content (AvgIpc) is 3.35. The average molecular weight is 350 g/mol. The molecule has 126 valence electrons. The quantitative estimate of drug-likeness (QED) is 0.762. The first-order chi connectivity index (χ1) is 12.2. The van der Waals surface area contributed by atoms with Crippen LogP contribution in [0.2, 0.25) is 0 Å². The fraction of sp³-hybridized carbons (Fsp3) is 0.211. The van der Waals surface area contributed by atoms with Crippen LogP contribution in [0.3, 0.4) is 0 Å². The Balaban J connectivity index is 1.35. The van der Waals surface area contributed by atoms with Crippen LogP contribution in [-0.4, -0.2) is 20.4 Å². The summed E-state index contributed by atoms with van der Waals surface area (Å²) in [4.78, 5) is 21.9. The molecule has 1 aliphatic carbocycles. The van der Waals surface area contributed by atoms with Crippen LogP contribution < -0.4 is 5.32 Å². The van der Waals surface area contributed by atoms with E-state index in [9.17, 15) is 4.79 Å². The van der Waals surface area contributed by atoms with Crippen molar-refractivity contribution in [3.05, 3.63) is 66.7 Å². The largest absolute Gasteiger partial charge is 0.329 e. The van der Waals surface area contributed by atoms with E-state index in [-0.39, 0.29) is 11.8 Å². The topological polar surface area (TPSA) is 59.8 Å². The van der Waals surface area contributed by atoms with Gasteiger partial charge in [0, 0.05) is 48.3 Å². The summed E-state index contributed by atoms with van der Waals surface area (Å²) in [6.45, 7) is 0. The molecule has 1 aromatic carbocycles. The number of imidazole rings is 1. The molecule has 2 heterocycles. The zero-order valence-corrected chi connectivity index (χ0v) is 14.6. The SMILES string of the molecule is Cn1ccnc1Sc1ccc(NC(=O)[C@H]2C[C@H]2c2cccnc2)cc1. The number of hydrogen-bond acceptors (Lipinski definition) is 4. The van der Waals surface area contributed by atoms with E-state index in [0.29, 0.717) is 5.92 Å². The number of amides is 1. The van der Waals surface area contributed by atoms with E-state index >= 15 is 0 Å². The molecule has 1 amide bonds. The molecule has 3 aromatic rings. The summed E-state index contributed by atoms with van der Waals surface area (Å²) in [6.07, 6.45) is 8.20. The second-order valence-electron chi connectivity index (χ2n) is 6.17. The third kappa shape index (κ3) is 3.58. The molecule has 25 heavy (non-hydrogen) atoms. The second kappa shape index (κ2) is 6.72. The first-order valence-electron chi connectivity index (χ1n) is 8.17. The van der Waals surface area contributed by atoms with Crippen LogP contribution in [-0.2, 0) is 11.8 Å². The van der Waals surface area contributed by atoms with Gasteiger partial charge < -0.3 is 9.88 Å². The summed E-state index contributed by atoms with van der Waals surface area (Å²) < 4.78 is 1.98. The Morgan fingerprint density at radius 2 is 2.08 bits per heavy atom. The number of carbonyl (C=O) groups is 1. The van der Waals surface area contributed by atoms with Gasteiger partial charge in [-0.2, -0.15) is 0 Å². The number of aryl methyl sites for hydroxylation is 1. The van der Waals surface area contributed by atoms with Crippen molar-refractivity contribution in [3.8, 4) is 0 Å². The minimum Gasteiger partial charge on any atom is -0.329 e. The highest BCUT2D eigenvalue weighted by molar-refractivity contribution is 7.99. The van der Waals surface area contributed by atoms with Gasteiger partial charge in [-0.1, -0.05) is 17.8 Å². The van der Waals surface area contributed by atoms with E-state index in [1.165, 1.54) is 0 Å². The van der Waals surface area contributed by atoms with E-state index in [1.807, 2.05) is 60.4 Å². The molecule has 0 radical (unpaired) electrons. The number of nitrogens with zero attached hydrogens (tertiary/aromatic N) is 3. The number of carbonyl (C=O) groups excluding carboxylic acids is 1. The standard InChI is InChI=1S/C19H18N4OS/c1-23-10-9-21-19(23)25-15-6-4-14(5-7-15)22-18(24)17-11-16(17)13-3-2-8-20-12-13/h2-10,12,16-17H,11H2,1H3,(H,22,24)/t16-,17-/m0/s1. The number of rotatable bonds is 5. The van der Waals surface area contributed by atoms with Crippen molar-refractivity contribution < 1.29 is 4.79 Å². The van der Waals surface area contributed by atoms with Crippen LogP contribution in [0.25, 0.3) is 0 Å². The molecule has 0 saturated heterocycles. The number of pyridine rings is 1. The highest BCUT2D eigenvalue weighted by atomic mass is 32.2. The maximum Gasteiger partial charge on any atom is 0.228 e. The molecule has 5 nitrogen and oxygen atoms in total. The van der Waals surface area contributed by atoms with Gasteiger partial charge in [-0.25, -0.2) is 4.98 Å². The fourth-order valence-electron chi connectivity index (χ4n) is 2.85. The van der Waals surface area contributed by atoms with Crippen molar-refractivity contribution in [2.75, 3.05) is 5.32 Å². The first-order valence-corrected chi connectivity index (χ1v) is 8.98. The lowest BCUT2D eigenvalue weighted by atomic mass is 10.1. The third-order valence-electron chi connectivity index (χ3n) is 4.35. The van der Waals surface area contributed by atoms with Gasteiger partial charge >= 0.3 is 0 Å². The van der Waals surface area contributed by atoms with Gasteiger partial charge in [0.1, 0.15) is 0 Å². The predicted molar refractivity (Wildman–Crippen MR) is 97.5 cm³/mol. The lowest BCUT2D eigenvalue weighted by Crippen LogP contribution is -2.14. The Kier molecular flexibility index (Phi) is 4.28. The number of nitrogens with one attached hydrogen (secondary N) is 1. The Labute approximate surface area is 150 Å². The van der Waals surface area contributed by atoms with Gasteiger partial charge in [0.2, 0.25) is 5.91 Å². The lowest BCUT2D eigenvalue weighted by Gasteiger charge is -2.07.